The molecule has 23 heavy (non-hydrogen) atoms. The van der Waals surface area contributed by atoms with E-state index < -0.39 is 17.5 Å². The molecule has 0 aliphatic carbocycles. The van der Waals surface area contributed by atoms with Crippen LogP contribution in [0.25, 0.3) is 0 Å². The van der Waals surface area contributed by atoms with Gasteiger partial charge in [-0.3, -0.25) is 9.69 Å². The molecule has 1 aromatic carbocycles. The number of nitrogens with zero attached hydrogens (tertiary/aromatic N) is 2. The lowest BCUT2D eigenvalue weighted by Gasteiger charge is -2.36. The van der Waals surface area contributed by atoms with Gasteiger partial charge in [-0.2, -0.15) is 0 Å². The van der Waals surface area contributed by atoms with Crippen molar-refractivity contribution in [3.05, 3.63) is 28.5 Å². The van der Waals surface area contributed by atoms with E-state index in [-0.39, 0.29) is 22.8 Å². The monoisotopic (exact) mass is 344 g/mol. The van der Waals surface area contributed by atoms with E-state index in [1.165, 1.54) is 4.90 Å². The Morgan fingerprint density at radius 1 is 1.43 bits per heavy atom. The molecule has 2 rings (SSSR count). The van der Waals surface area contributed by atoms with E-state index in [0.717, 1.165) is 25.2 Å². The molecular formula is C16H22ClFN2O3. The van der Waals surface area contributed by atoms with Crippen LogP contribution in [0.3, 0.4) is 0 Å². The van der Waals surface area contributed by atoms with Gasteiger partial charge in [-0.15, -0.1) is 0 Å². The molecule has 128 valence electrons. The molecule has 1 aliphatic rings. The van der Waals surface area contributed by atoms with Crippen molar-refractivity contribution < 1.29 is 19.0 Å². The molecule has 1 saturated heterocycles. The third-order valence-electron chi connectivity index (χ3n) is 3.85. The predicted octanol–water partition coefficient (Wildman–Crippen LogP) is 2.37. The van der Waals surface area contributed by atoms with Crippen molar-refractivity contribution in [1.82, 2.24) is 9.80 Å². The lowest BCUT2D eigenvalue weighted by atomic mass is 10.1. The van der Waals surface area contributed by atoms with Crippen LogP contribution >= 0.6 is 11.6 Å². The minimum Gasteiger partial charge on any atom is -0.506 e. The molecule has 0 bridgehead atoms. The van der Waals surface area contributed by atoms with E-state index >= 15 is 0 Å². The third-order valence-corrected chi connectivity index (χ3v) is 4.14. The van der Waals surface area contributed by atoms with Crippen LogP contribution in [0.1, 0.15) is 24.2 Å². The Labute approximate surface area is 140 Å². The standard InChI is InChI=1S/C16H22ClFN2O3/c1-10-8-20(9-11(2)23-10)5-4-19(3)16(22)13-6-12(18)7-14(17)15(13)21/h6-7,10-11,21H,4-5,8-9H2,1-3H3/t10-,11+. The maximum Gasteiger partial charge on any atom is 0.257 e. The van der Waals surface area contributed by atoms with Gasteiger partial charge in [0.05, 0.1) is 22.8 Å². The van der Waals surface area contributed by atoms with E-state index in [1.54, 1.807) is 7.05 Å². The SMILES string of the molecule is C[C@@H]1CN(CCN(C)C(=O)c2cc(F)cc(Cl)c2O)C[C@H](C)O1. The normalized spacial score (nSPS) is 22.1. The van der Waals surface area contributed by atoms with Gasteiger partial charge >= 0.3 is 0 Å². The summed E-state index contributed by atoms with van der Waals surface area (Å²) in [6, 6.07) is 1.98. The number of aromatic hydroxyl groups is 1. The fourth-order valence-electron chi connectivity index (χ4n) is 2.79. The first-order valence-corrected chi connectivity index (χ1v) is 7.97. The smallest absolute Gasteiger partial charge is 0.257 e. The van der Waals surface area contributed by atoms with Crippen LogP contribution in [0, 0.1) is 5.82 Å². The van der Waals surface area contributed by atoms with Crippen molar-refractivity contribution in [2.24, 2.45) is 0 Å². The van der Waals surface area contributed by atoms with Crippen LogP contribution in [0.4, 0.5) is 4.39 Å². The summed E-state index contributed by atoms with van der Waals surface area (Å²) < 4.78 is 19.1. The number of carbonyl (C=O) groups excluding carboxylic acids is 1. The molecule has 0 radical (unpaired) electrons. The summed E-state index contributed by atoms with van der Waals surface area (Å²) in [6.07, 6.45) is 0.316. The maximum absolute atomic E-state index is 13.4. The highest BCUT2D eigenvalue weighted by Crippen LogP contribution is 2.29. The number of benzene rings is 1. The summed E-state index contributed by atoms with van der Waals surface area (Å²) in [7, 11) is 1.62. The van der Waals surface area contributed by atoms with Gasteiger partial charge in [0.15, 0.2) is 0 Å². The van der Waals surface area contributed by atoms with Crippen molar-refractivity contribution in [1.29, 1.82) is 0 Å². The fraction of sp³-hybridized carbons (Fsp3) is 0.562. The molecule has 1 fully saturated rings. The van der Waals surface area contributed by atoms with Crippen molar-refractivity contribution in [2.75, 3.05) is 33.2 Å². The molecule has 1 amide bonds. The number of hydrogen-bond acceptors (Lipinski definition) is 4. The second kappa shape index (κ2) is 7.47. The third kappa shape index (κ3) is 4.56. The summed E-state index contributed by atoms with van der Waals surface area (Å²) >= 11 is 5.72. The molecule has 0 spiro atoms. The summed E-state index contributed by atoms with van der Waals surface area (Å²) in [6.45, 7) is 6.80. The Kier molecular flexibility index (Phi) is 5.84. The van der Waals surface area contributed by atoms with E-state index in [9.17, 15) is 14.3 Å². The van der Waals surface area contributed by atoms with E-state index in [2.05, 4.69) is 4.90 Å². The number of hydrogen-bond donors (Lipinski definition) is 1. The molecule has 1 heterocycles. The van der Waals surface area contributed by atoms with Crippen LogP contribution in [-0.2, 0) is 4.74 Å². The van der Waals surface area contributed by atoms with Crippen LogP contribution < -0.4 is 0 Å². The van der Waals surface area contributed by atoms with Crippen LogP contribution in [0.15, 0.2) is 12.1 Å². The molecule has 0 aromatic heterocycles. The number of rotatable bonds is 4. The highest BCUT2D eigenvalue weighted by atomic mass is 35.5. The van der Waals surface area contributed by atoms with Crippen molar-refractivity contribution in [2.45, 2.75) is 26.1 Å². The minimum atomic E-state index is -0.652. The highest BCUT2D eigenvalue weighted by molar-refractivity contribution is 6.32. The second-order valence-electron chi connectivity index (χ2n) is 6.03. The Bertz CT molecular complexity index is 575. The zero-order valence-electron chi connectivity index (χ0n) is 13.6. The molecule has 1 N–H and O–H groups in total. The summed E-state index contributed by atoms with van der Waals surface area (Å²) in [5, 5.41) is 9.69. The Balaban J connectivity index is 1.98. The van der Waals surface area contributed by atoms with Crippen LogP contribution in [0.2, 0.25) is 5.02 Å². The van der Waals surface area contributed by atoms with Gasteiger partial charge in [0, 0.05) is 33.2 Å². The average Bonchev–Trinajstić information content (AvgIpc) is 2.46. The van der Waals surface area contributed by atoms with Crippen LogP contribution in [-0.4, -0.2) is 66.2 Å². The number of likely N-dealkylation sites (N-methyl/N-ethyl adjacent to an activating group) is 1. The van der Waals surface area contributed by atoms with Crippen molar-refractivity contribution >= 4 is 17.5 Å². The Morgan fingerprint density at radius 2 is 2.04 bits per heavy atom. The summed E-state index contributed by atoms with van der Waals surface area (Å²) in [4.78, 5) is 16.0. The predicted molar refractivity (Wildman–Crippen MR) is 86.5 cm³/mol. The largest absolute Gasteiger partial charge is 0.506 e. The molecule has 1 aromatic rings. The molecule has 7 heteroatoms. The topological polar surface area (TPSA) is 53.0 Å². The van der Waals surface area contributed by atoms with Gasteiger partial charge in [-0.05, 0) is 26.0 Å². The molecule has 1 aliphatic heterocycles. The quantitative estimate of drug-likeness (QED) is 0.911. The van der Waals surface area contributed by atoms with Gasteiger partial charge in [-0.25, -0.2) is 4.39 Å². The van der Waals surface area contributed by atoms with Gasteiger partial charge in [-0.1, -0.05) is 11.6 Å². The lowest BCUT2D eigenvalue weighted by Crippen LogP contribution is -2.48. The van der Waals surface area contributed by atoms with E-state index in [4.69, 9.17) is 16.3 Å². The number of amides is 1. The second-order valence-corrected chi connectivity index (χ2v) is 6.43. The molecular weight excluding hydrogens is 323 g/mol. The molecule has 0 saturated carbocycles. The lowest BCUT2D eigenvalue weighted by molar-refractivity contribution is -0.0685. The number of carbonyl (C=O) groups is 1. The van der Waals surface area contributed by atoms with Gasteiger partial charge in [0.1, 0.15) is 11.6 Å². The Morgan fingerprint density at radius 3 is 2.65 bits per heavy atom. The van der Waals surface area contributed by atoms with Gasteiger partial charge < -0.3 is 14.7 Å². The number of ether oxygens (including phenoxy) is 1. The number of halogens is 2. The molecule has 2 atom stereocenters. The first kappa shape index (κ1) is 18.0. The Hall–Kier alpha value is -1.37. The number of phenols is 1. The number of phenolic OH excluding ortho intramolecular Hbond substituents is 1. The van der Waals surface area contributed by atoms with E-state index in [0.29, 0.717) is 13.1 Å². The van der Waals surface area contributed by atoms with Crippen molar-refractivity contribution in [3.8, 4) is 5.75 Å². The minimum absolute atomic E-state index is 0.124. The highest BCUT2D eigenvalue weighted by Gasteiger charge is 2.24. The zero-order chi connectivity index (χ0) is 17.1. The molecule has 5 nitrogen and oxygen atoms in total. The summed E-state index contributed by atoms with van der Waals surface area (Å²) in [5.41, 5.74) is -0.124. The van der Waals surface area contributed by atoms with Gasteiger partial charge in [0.2, 0.25) is 0 Å². The van der Waals surface area contributed by atoms with Crippen LogP contribution in [0.5, 0.6) is 5.75 Å². The first-order valence-electron chi connectivity index (χ1n) is 7.59. The maximum atomic E-state index is 13.4. The fourth-order valence-corrected chi connectivity index (χ4v) is 3.00. The van der Waals surface area contributed by atoms with Crippen molar-refractivity contribution in [3.63, 3.8) is 0 Å². The zero-order valence-corrected chi connectivity index (χ0v) is 14.3. The first-order chi connectivity index (χ1) is 10.8. The van der Waals surface area contributed by atoms with Gasteiger partial charge in [0.25, 0.3) is 5.91 Å². The number of morpholine rings is 1. The van der Waals surface area contributed by atoms with E-state index in [1.807, 2.05) is 13.8 Å². The summed E-state index contributed by atoms with van der Waals surface area (Å²) in [5.74, 6) is -1.50. The molecule has 0 unspecified atom stereocenters. The average molecular weight is 345 g/mol.